The summed E-state index contributed by atoms with van der Waals surface area (Å²) in [6, 6.07) is 6.68. The molecule has 1 N–H and O–H groups in total. The molecule has 7 heteroatoms. The molecule has 0 aliphatic heterocycles. The van der Waals surface area contributed by atoms with Gasteiger partial charge in [-0.3, -0.25) is 19.2 Å². The Balaban J connectivity index is 1.85. The lowest BCUT2D eigenvalue weighted by atomic mass is 10.1. The molecular formula is C22H25NO6. The highest BCUT2D eigenvalue weighted by atomic mass is 16.5. The Morgan fingerprint density at radius 2 is 1.62 bits per heavy atom. The molecule has 0 fully saturated rings. The first-order valence-electron chi connectivity index (χ1n) is 9.39. The van der Waals surface area contributed by atoms with Gasteiger partial charge in [-0.15, -0.1) is 0 Å². The minimum atomic E-state index is -0.634. The Bertz CT molecular complexity index is 924. The minimum Gasteiger partial charge on any atom is -0.494 e. The number of ketones is 3. The number of H-pyrrole nitrogens is 1. The fraction of sp³-hybridized carbons (Fsp3) is 0.364. The predicted octanol–water partition coefficient (Wildman–Crippen LogP) is 3.62. The Labute approximate surface area is 169 Å². The number of aryl methyl sites for hydroxylation is 1. The topological polar surface area (TPSA) is 103 Å². The Morgan fingerprint density at radius 3 is 2.17 bits per heavy atom. The van der Waals surface area contributed by atoms with E-state index < -0.39 is 18.4 Å². The zero-order valence-corrected chi connectivity index (χ0v) is 17.1. The average Bonchev–Trinajstić information content (AvgIpc) is 2.99. The lowest BCUT2D eigenvalue weighted by Crippen LogP contribution is -2.16. The third-order valence-electron chi connectivity index (χ3n) is 4.48. The van der Waals surface area contributed by atoms with E-state index in [1.807, 2.05) is 6.92 Å². The molecule has 7 nitrogen and oxygen atoms in total. The molecular weight excluding hydrogens is 374 g/mol. The minimum absolute atomic E-state index is 0.0177. The molecule has 0 spiro atoms. The summed E-state index contributed by atoms with van der Waals surface area (Å²) in [5.41, 5.74) is 2.35. The number of benzene rings is 1. The molecule has 29 heavy (non-hydrogen) atoms. The van der Waals surface area contributed by atoms with E-state index in [4.69, 9.17) is 9.47 Å². The zero-order chi connectivity index (χ0) is 21.6. The van der Waals surface area contributed by atoms with Crippen molar-refractivity contribution in [3.8, 4) is 5.75 Å². The third kappa shape index (κ3) is 5.63. The maximum absolute atomic E-state index is 12.3. The summed E-state index contributed by atoms with van der Waals surface area (Å²) in [5.74, 6) is -0.724. The van der Waals surface area contributed by atoms with Crippen LogP contribution in [0.15, 0.2) is 24.3 Å². The van der Waals surface area contributed by atoms with Gasteiger partial charge in [-0.2, -0.15) is 0 Å². The summed E-state index contributed by atoms with van der Waals surface area (Å²) < 4.78 is 10.3. The van der Waals surface area contributed by atoms with Crippen LogP contribution in [0.4, 0.5) is 0 Å². The van der Waals surface area contributed by atoms with E-state index in [-0.39, 0.29) is 30.1 Å². The smallest absolute Gasteiger partial charge is 0.306 e. The van der Waals surface area contributed by atoms with Gasteiger partial charge in [0.15, 0.2) is 18.2 Å². The third-order valence-corrected chi connectivity index (χ3v) is 4.48. The molecule has 2 aromatic rings. The van der Waals surface area contributed by atoms with Gasteiger partial charge in [0.25, 0.3) is 0 Å². The van der Waals surface area contributed by atoms with Crippen molar-refractivity contribution in [3.05, 3.63) is 52.3 Å². The number of aromatic nitrogens is 1. The number of Topliss-reactive ketones (excluding diaryl/α,β-unsaturated/α-hetero) is 3. The molecule has 0 unspecified atom stereocenters. The number of aromatic amines is 1. The fourth-order valence-electron chi connectivity index (χ4n) is 3.11. The van der Waals surface area contributed by atoms with Gasteiger partial charge in [-0.05, 0) is 57.5 Å². The van der Waals surface area contributed by atoms with E-state index >= 15 is 0 Å². The van der Waals surface area contributed by atoms with Crippen molar-refractivity contribution in [2.45, 2.75) is 40.5 Å². The first-order chi connectivity index (χ1) is 13.7. The maximum atomic E-state index is 12.3. The first kappa shape index (κ1) is 22.1. The number of ether oxygens (including phenoxy) is 2. The van der Waals surface area contributed by atoms with Gasteiger partial charge in [0, 0.05) is 23.2 Å². The van der Waals surface area contributed by atoms with Gasteiger partial charge >= 0.3 is 5.97 Å². The predicted molar refractivity (Wildman–Crippen MR) is 107 cm³/mol. The average molecular weight is 399 g/mol. The molecule has 0 bridgehead atoms. The second kappa shape index (κ2) is 9.82. The molecule has 1 heterocycles. The van der Waals surface area contributed by atoms with Crippen molar-refractivity contribution in [2.24, 2.45) is 0 Å². The maximum Gasteiger partial charge on any atom is 0.306 e. The Kier molecular flexibility index (Phi) is 7.47. The van der Waals surface area contributed by atoms with Crippen LogP contribution in [0.3, 0.4) is 0 Å². The van der Waals surface area contributed by atoms with Crippen LogP contribution in [-0.4, -0.2) is 41.5 Å². The van der Waals surface area contributed by atoms with Crippen LogP contribution in [-0.2, 0) is 9.53 Å². The SMILES string of the molecule is CCOc1ccc(C(=O)CCC(=O)OCC(=O)c2[nH]c(C)c(C(C)=O)c2C)cc1. The summed E-state index contributed by atoms with van der Waals surface area (Å²) in [4.78, 5) is 50.9. The highest BCUT2D eigenvalue weighted by Gasteiger charge is 2.21. The number of hydrogen-bond donors (Lipinski definition) is 1. The van der Waals surface area contributed by atoms with Gasteiger partial charge in [0.2, 0.25) is 5.78 Å². The molecule has 0 aliphatic rings. The number of nitrogens with one attached hydrogen (secondary N) is 1. The summed E-state index contributed by atoms with van der Waals surface area (Å²) >= 11 is 0. The molecule has 1 aromatic carbocycles. The standard InChI is InChI=1S/C22H25NO6/c1-5-28-17-8-6-16(7-9-17)18(25)10-11-20(27)29-12-19(26)22-13(2)21(15(4)24)14(3)23-22/h6-9,23H,5,10-12H2,1-4H3. The number of hydrogen-bond acceptors (Lipinski definition) is 6. The molecule has 154 valence electrons. The van der Waals surface area contributed by atoms with Crippen molar-refractivity contribution in [3.63, 3.8) is 0 Å². The van der Waals surface area contributed by atoms with E-state index in [2.05, 4.69) is 4.98 Å². The lowest BCUT2D eigenvalue weighted by molar-refractivity contribution is -0.142. The van der Waals surface area contributed by atoms with E-state index in [0.717, 1.165) is 0 Å². The first-order valence-corrected chi connectivity index (χ1v) is 9.39. The van der Waals surface area contributed by atoms with Crippen molar-refractivity contribution in [1.82, 2.24) is 4.98 Å². The summed E-state index contributed by atoms with van der Waals surface area (Å²) in [7, 11) is 0. The van der Waals surface area contributed by atoms with Crippen LogP contribution in [0.25, 0.3) is 0 Å². The van der Waals surface area contributed by atoms with Crippen LogP contribution in [0.5, 0.6) is 5.75 Å². The Hall–Kier alpha value is -3.22. The molecule has 0 saturated heterocycles. The second-order valence-electron chi connectivity index (χ2n) is 6.65. The second-order valence-corrected chi connectivity index (χ2v) is 6.65. The van der Waals surface area contributed by atoms with E-state index in [1.165, 1.54) is 6.92 Å². The summed E-state index contributed by atoms with van der Waals surface area (Å²) in [5, 5.41) is 0. The van der Waals surface area contributed by atoms with Crippen LogP contribution in [0.2, 0.25) is 0 Å². The van der Waals surface area contributed by atoms with Crippen molar-refractivity contribution < 1.29 is 28.7 Å². The van der Waals surface area contributed by atoms with Gasteiger partial charge in [-0.25, -0.2) is 0 Å². The van der Waals surface area contributed by atoms with Crippen LogP contribution < -0.4 is 4.74 Å². The lowest BCUT2D eigenvalue weighted by Gasteiger charge is -2.06. The number of rotatable bonds is 10. The zero-order valence-electron chi connectivity index (χ0n) is 17.1. The molecule has 2 rings (SSSR count). The van der Waals surface area contributed by atoms with Crippen molar-refractivity contribution in [2.75, 3.05) is 13.2 Å². The summed E-state index contributed by atoms with van der Waals surface area (Å²) in [6.07, 6.45) is -0.142. The van der Waals surface area contributed by atoms with Crippen molar-refractivity contribution in [1.29, 1.82) is 0 Å². The molecule has 0 atom stereocenters. The van der Waals surface area contributed by atoms with Gasteiger partial charge in [0.05, 0.1) is 18.7 Å². The number of esters is 1. The van der Waals surface area contributed by atoms with Crippen LogP contribution in [0, 0.1) is 13.8 Å². The largest absolute Gasteiger partial charge is 0.494 e. The van der Waals surface area contributed by atoms with Gasteiger partial charge < -0.3 is 14.5 Å². The molecule has 1 aromatic heterocycles. The number of carbonyl (C=O) groups is 4. The summed E-state index contributed by atoms with van der Waals surface area (Å²) in [6.45, 7) is 6.77. The van der Waals surface area contributed by atoms with E-state index in [1.54, 1.807) is 38.1 Å². The number of carbonyl (C=O) groups excluding carboxylic acids is 4. The van der Waals surface area contributed by atoms with Crippen molar-refractivity contribution >= 4 is 23.3 Å². The molecule has 0 amide bonds. The fourth-order valence-corrected chi connectivity index (χ4v) is 3.11. The van der Waals surface area contributed by atoms with E-state index in [9.17, 15) is 19.2 Å². The molecule has 0 saturated carbocycles. The monoisotopic (exact) mass is 399 g/mol. The quantitative estimate of drug-likeness (QED) is 0.483. The molecule has 0 aliphatic carbocycles. The van der Waals surface area contributed by atoms with Gasteiger partial charge in [-0.1, -0.05) is 0 Å². The molecule has 0 radical (unpaired) electrons. The highest BCUT2D eigenvalue weighted by Crippen LogP contribution is 2.19. The van der Waals surface area contributed by atoms with Crippen LogP contribution >= 0.6 is 0 Å². The van der Waals surface area contributed by atoms with Crippen LogP contribution in [0.1, 0.15) is 69.2 Å². The Morgan fingerprint density at radius 1 is 0.966 bits per heavy atom. The normalized spacial score (nSPS) is 10.5. The van der Waals surface area contributed by atoms with E-state index in [0.29, 0.717) is 34.7 Å². The highest BCUT2D eigenvalue weighted by molar-refractivity contribution is 6.04. The van der Waals surface area contributed by atoms with Gasteiger partial charge in [0.1, 0.15) is 5.75 Å².